The summed E-state index contributed by atoms with van der Waals surface area (Å²) in [4.78, 5) is 12.4. The van der Waals surface area contributed by atoms with Gasteiger partial charge in [0.25, 0.3) is 0 Å². The number of benzene rings is 4. The van der Waals surface area contributed by atoms with Crippen LogP contribution in [0.4, 0.5) is 4.39 Å². The van der Waals surface area contributed by atoms with Gasteiger partial charge in [0.2, 0.25) is 0 Å². The van der Waals surface area contributed by atoms with Crippen molar-refractivity contribution in [3.8, 4) is 0 Å². The van der Waals surface area contributed by atoms with Gasteiger partial charge in [0.15, 0.2) is 0 Å². The summed E-state index contributed by atoms with van der Waals surface area (Å²) >= 11 is 21.1. The molecule has 6 rings (SSSR count). The minimum Gasteiger partial charge on any atom is -0.330 e. The molecule has 5 N–H and O–H groups in total. The second-order valence-corrected chi connectivity index (χ2v) is 22.7. The van der Waals surface area contributed by atoms with Crippen LogP contribution in [0.25, 0.3) is 0 Å². The normalized spacial score (nSPS) is 17.4. The van der Waals surface area contributed by atoms with E-state index >= 15 is 0 Å². The Bertz CT molecular complexity index is 2240. The van der Waals surface area contributed by atoms with E-state index in [1.54, 1.807) is 12.1 Å². The Labute approximate surface area is 447 Å². The number of hydrogen-bond donors (Lipinski definition) is 3. The van der Waals surface area contributed by atoms with E-state index in [1.165, 1.54) is 47.1 Å². The molecule has 0 amide bonds. The summed E-state index contributed by atoms with van der Waals surface area (Å²) in [7, 11) is 0. The highest BCUT2D eigenvalue weighted by molar-refractivity contribution is 9.10. The average Bonchev–Trinajstić information content (AvgIpc) is 3.83. The summed E-state index contributed by atoms with van der Waals surface area (Å²) in [6.07, 6.45) is 8.56. The first-order chi connectivity index (χ1) is 32.5. The average molecular weight is 1080 g/mol. The molecule has 1 aliphatic carbocycles. The number of Topliss-reactive ketones (excluding diaryl/α,β-unsaturated/α-hetero) is 1. The summed E-state index contributed by atoms with van der Waals surface area (Å²) in [6.45, 7) is 35.1. The van der Waals surface area contributed by atoms with E-state index < -0.39 is 5.41 Å². The van der Waals surface area contributed by atoms with Gasteiger partial charge < -0.3 is 16.8 Å². The predicted octanol–water partition coefficient (Wildman–Crippen LogP) is 17.6. The number of carbonyl (C=O) groups excluding carboxylic acids is 1. The van der Waals surface area contributed by atoms with Crippen LogP contribution in [0.2, 0.25) is 15.1 Å². The first kappa shape index (κ1) is 63.0. The molecule has 4 aromatic carbocycles. The van der Waals surface area contributed by atoms with Gasteiger partial charge in [-0.05, 0) is 147 Å². The Hall–Kier alpha value is -3.07. The van der Waals surface area contributed by atoms with Crippen LogP contribution in [0.5, 0.6) is 0 Å². The third-order valence-electron chi connectivity index (χ3n) is 14.5. The summed E-state index contributed by atoms with van der Waals surface area (Å²) in [6, 6.07) is 29.4. The number of allylic oxidation sites excluding steroid dienone is 2. The molecular formula is C61H86BrCl3FN3O. The monoisotopic (exact) mass is 1080 g/mol. The fourth-order valence-corrected chi connectivity index (χ4v) is 10.6. The maximum atomic E-state index is 13.8. The Morgan fingerprint density at radius 2 is 1.21 bits per heavy atom. The third kappa shape index (κ3) is 16.7. The summed E-state index contributed by atoms with van der Waals surface area (Å²) < 4.78 is 14.9. The van der Waals surface area contributed by atoms with E-state index in [-0.39, 0.29) is 40.8 Å². The van der Waals surface area contributed by atoms with Crippen molar-refractivity contribution < 1.29 is 9.18 Å². The third-order valence-corrected chi connectivity index (χ3v) is 15.8. The van der Waals surface area contributed by atoms with Crippen LogP contribution in [0, 0.1) is 29.5 Å². The molecule has 0 radical (unpaired) electrons. The molecule has 386 valence electrons. The Morgan fingerprint density at radius 1 is 0.700 bits per heavy atom. The molecule has 0 spiro atoms. The number of hydrogen-bond acceptors (Lipinski definition) is 4. The van der Waals surface area contributed by atoms with Crippen LogP contribution in [-0.2, 0) is 21.0 Å². The molecule has 0 aromatic heterocycles. The van der Waals surface area contributed by atoms with Crippen LogP contribution < -0.4 is 16.8 Å². The van der Waals surface area contributed by atoms with Crippen molar-refractivity contribution in [1.29, 1.82) is 0 Å². The molecular weight excluding hydrogens is 996 g/mol. The van der Waals surface area contributed by atoms with Crippen molar-refractivity contribution in [3.05, 3.63) is 175 Å². The lowest BCUT2D eigenvalue weighted by Gasteiger charge is -2.41. The van der Waals surface area contributed by atoms with E-state index in [1.807, 2.05) is 63.2 Å². The van der Waals surface area contributed by atoms with Crippen LogP contribution in [0.15, 0.2) is 132 Å². The Balaban J connectivity index is 0.000000319. The molecule has 1 aliphatic heterocycles. The lowest BCUT2D eigenvalue weighted by atomic mass is 9.63. The van der Waals surface area contributed by atoms with E-state index in [0.29, 0.717) is 48.2 Å². The van der Waals surface area contributed by atoms with E-state index in [0.717, 1.165) is 59.4 Å². The number of ketones is 1. The number of nitrogens with two attached hydrogens (primary N) is 2. The molecule has 1 saturated heterocycles. The van der Waals surface area contributed by atoms with Crippen molar-refractivity contribution >= 4 is 56.5 Å². The molecule has 1 heterocycles. The topological polar surface area (TPSA) is 81.1 Å². The molecule has 2 aliphatic rings. The van der Waals surface area contributed by atoms with Crippen molar-refractivity contribution in [2.45, 2.75) is 143 Å². The summed E-state index contributed by atoms with van der Waals surface area (Å²) in [5.41, 5.74) is 19.4. The SMILES string of the molecule is C.C=C(C(C)C)C(CCN)c1ccc(Br)cc1.C=C(C(C)C)C1(c2ccc(Cl)c(F)c2)CCCCC1.C=C(C(C)C)C1(c2ccc(Cl)cc2)CCNC1.CC(C)C(=O)C(C)(CCN)c1ccc(Cl)cc1. The molecule has 1 saturated carbocycles. The van der Waals surface area contributed by atoms with E-state index in [4.69, 9.17) is 46.3 Å². The molecule has 0 bridgehead atoms. The predicted molar refractivity (Wildman–Crippen MR) is 308 cm³/mol. The molecule has 70 heavy (non-hydrogen) atoms. The lowest BCUT2D eigenvalue weighted by molar-refractivity contribution is -0.127. The van der Waals surface area contributed by atoms with Gasteiger partial charge in [-0.3, -0.25) is 4.79 Å². The number of nitrogens with one attached hydrogen (secondary N) is 1. The largest absolute Gasteiger partial charge is 0.330 e. The Kier molecular flexibility index (Phi) is 26.6. The number of rotatable bonds is 16. The van der Waals surface area contributed by atoms with Gasteiger partial charge in [0.1, 0.15) is 11.6 Å². The van der Waals surface area contributed by atoms with Gasteiger partial charge in [-0.15, -0.1) is 0 Å². The van der Waals surface area contributed by atoms with Crippen LogP contribution >= 0.6 is 50.7 Å². The zero-order chi connectivity index (χ0) is 51.7. The highest BCUT2D eigenvalue weighted by Gasteiger charge is 2.40. The molecule has 9 heteroatoms. The second-order valence-electron chi connectivity index (χ2n) is 20.5. The van der Waals surface area contributed by atoms with Gasteiger partial charge in [-0.25, -0.2) is 4.39 Å². The van der Waals surface area contributed by atoms with Gasteiger partial charge in [-0.2, -0.15) is 0 Å². The van der Waals surface area contributed by atoms with Gasteiger partial charge in [-0.1, -0.05) is 212 Å². The molecule has 3 unspecified atom stereocenters. The van der Waals surface area contributed by atoms with Crippen molar-refractivity contribution in [1.82, 2.24) is 5.32 Å². The smallest absolute Gasteiger partial charge is 0.145 e. The molecule has 4 nitrogen and oxygen atoms in total. The fourth-order valence-electron chi connectivity index (χ4n) is 10.00. The highest BCUT2D eigenvalue weighted by atomic mass is 79.9. The van der Waals surface area contributed by atoms with Crippen molar-refractivity contribution in [2.75, 3.05) is 26.2 Å². The van der Waals surface area contributed by atoms with Crippen molar-refractivity contribution in [3.63, 3.8) is 0 Å². The zero-order valence-corrected chi connectivity index (χ0v) is 47.0. The Morgan fingerprint density at radius 3 is 1.66 bits per heavy atom. The quantitative estimate of drug-likeness (QED) is 0.0977. The molecule has 3 atom stereocenters. The minimum atomic E-state index is -0.506. The van der Waals surface area contributed by atoms with Crippen LogP contribution in [0.3, 0.4) is 0 Å². The molecule has 2 fully saturated rings. The van der Waals surface area contributed by atoms with E-state index in [9.17, 15) is 9.18 Å². The fraction of sp³-hybridized carbons (Fsp3) is 0.492. The first-order valence-corrected chi connectivity index (χ1v) is 26.9. The summed E-state index contributed by atoms with van der Waals surface area (Å²) in [5, 5.41) is 5.14. The van der Waals surface area contributed by atoms with E-state index in [2.05, 4.69) is 119 Å². The maximum Gasteiger partial charge on any atom is 0.145 e. The maximum absolute atomic E-state index is 13.8. The standard InChI is InChI=1S/C17H22ClF.C15H20ClN.C14H20BrN.C14H20ClNO.CH4/c1-12(2)13(3)17(9-5-4-6-10-17)14-7-8-15(18)16(19)11-14;1-11(2)12(3)15(8-9-17-10-15)13-4-6-14(16)7-5-13;1-10(2)11(3)14(8-9-16)12-4-6-13(15)7-5-12;1-10(2)13(17)14(3,8-9-16)11-4-6-12(15)7-5-11;/h7-8,11-12H,3-6,9-10H2,1-2H3;4-7,11,17H,3,8-10H2,1-2H3;4-7,10,14H,3,8-9,16H2,1-2H3;4-7,10H,8-9,16H2,1-3H3;1H4. The minimum absolute atomic E-state index is 0. The van der Waals surface area contributed by atoms with Crippen LogP contribution in [-0.4, -0.2) is 32.0 Å². The van der Waals surface area contributed by atoms with Crippen LogP contribution in [0.1, 0.15) is 149 Å². The number of halogens is 5. The van der Waals surface area contributed by atoms with Gasteiger partial charge in [0.05, 0.1) is 10.4 Å². The van der Waals surface area contributed by atoms with Gasteiger partial charge >= 0.3 is 0 Å². The van der Waals surface area contributed by atoms with Gasteiger partial charge in [0, 0.05) is 43.7 Å². The lowest BCUT2D eigenvalue weighted by Crippen LogP contribution is -2.37. The highest BCUT2D eigenvalue weighted by Crippen LogP contribution is 2.47. The van der Waals surface area contributed by atoms with Crippen molar-refractivity contribution in [2.24, 2.45) is 35.1 Å². The first-order valence-electron chi connectivity index (χ1n) is 25.0. The molecule has 4 aromatic rings. The zero-order valence-electron chi connectivity index (χ0n) is 43.1. The second kappa shape index (κ2) is 29.6. The summed E-state index contributed by atoms with van der Waals surface area (Å²) in [5.74, 6) is 1.72. The number of carbonyl (C=O) groups is 1.